The molecule has 0 atom stereocenters. The molecule has 0 heterocycles. The van der Waals surface area contributed by atoms with Crippen molar-refractivity contribution in [3.05, 3.63) is 0 Å². The molecule has 0 nitrogen and oxygen atoms in total. The van der Waals surface area contributed by atoms with Crippen molar-refractivity contribution >= 4 is 6.57 Å². The molecule has 0 N–H and O–H groups in total. The van der Waals surface area contributed by atoms with E-state index in [1.807, 2.05) is 0 Å². The molecule has 9 heteroatoms. The van der Waals surface area contributed by atoms with Gasteiger partial charge in [0.25, 0.3) is 0 Å². The van der Waals surface area contributed by atoms with E-state index in [2.05, 4.69) is 0 Å². The summed E-state index contributed by atoms with van der Waals surface area (Å²) in [6.07, 6.45) is 0. The second kappa shape index (κ2) is 1.94. The average molecular weight is 237 g/mol. The van der Waals surface area contributed by atoms with Gasteiger partial charge in [-0.2, -0.15) is 0 Å². The summed E-state index contributed by atoms with van der Waals surface area (Å²) >= 11 is 0. The molecule has 0 aliphatic rings. The molecule has 0 saturated carbocycles. The summed E-state index contributed by atoms with van der Waals surface area (Å²) in [6.45, 7) is -11.4. The molecular weight excluding hydrogens is 231 g/mol. The van der Waals surface area contributed by atoms with E-state index in [1.54, 1.807) is 0 Å². The predicted octanol–water partition coefficient (Wildman–Crippen LogP) is 4.14. The van der Waals surface area contributed by atoms with Crippen LogP contribution in [-0.4, -0.2) is 25.2 Å². The van der Waals surface area contributed by atoms with Crippen LogP contribution in [0.3, 0.4) is 0 Å². The third-order valence-corrected chi connectivity index (χ3v) is 4.95. The molecule has 13 heavy (non-hydrogen) atoms. The maximum atomic E-state index is 12.7. The van der Waals surface area contributed by atoms with Crippen LogP contribution in [0.15, 0.2) is 0 Å². The summed E-state index contributed by atoms with van der Waals surface area (Å²) in [5.74, 6) is -13.1. The SMILES string of the molecule is C[P-](C)(F)(F)(C(F)(F)F)C(F)(F)F. The predicted molar refractivity (Wildman–Crippen MR) is 33.1 cm³/mol. The molecule has 0 fully saturated rings. The molecule has 0 aliphatic carbocycles. The molecule has 0 bridgehead atoms. The molecule has 0 aromatic carbocycles. The third kappa shape index (κ3) is 1.30. The van der Waals surface area contributed by atoms with E-state index in [4.69, 9.17) is 0 Å². The van der Waals surface area contributed by atoms with Crippen LogP contribution in [0.2, 0.25) is 0 Å². The third-order valence-electron chi connectivity index (χ3n) is 1.65. The zero-order valence-electron chi connectivity index (χ0n) is 6.47. The Balaban J connectivity index is 5.86. The second-order valence-electron chi connectivity index (χ2n) is 3.47. The van der Waals surface area contributed by atoms with Crippen molar-refractivity contribution in [2.75, 3.05) is 13.3 Å². The summed E-state index contributed by atoms with van der Waals surface area (Å²) in [7, 11) is 0. The fourth-order valence-corrected chi connectivity index (χ4v) is 0.431. The van der Waals surface area contributed by atoms with Gasteiger partial charge in [-0.1, -0.05) is 0 Å². The van der Waals surface area contributed by atoms with E-state index < -0.39 is 31.7 Å². The van der Waals surface area contributed by atoms with Crippen LogP contribution in [0.4, 0.5) is 34.7 Å². The van der Waals surface area contributed by atoms with Crippen LogP contribution in [-0.2, 0) is 0 Å². The molecule has 0 rings (SSSR count). The fraction of sp³-hybridized carbons (Fsp3) is 1.00. The van der Waals surface area contributed by atoms with Crippen LogP contribution in [0.1, 0.15) is 0 Å². The van der Waals surface area contributed by atoms with Crippen molar-refractivity contribution < 1.29 is 34.7 Å². The van der Waals surface area contributed by atoms with Gasteiger partial charge < -0.3 is 0 Å². The van der Waals surface area contributed by atoms with Crippen LogP contribution < -0.4 is 0 Å². The van der Waals surface area contributed by atoms with Gasteiger partial charge in [-0.15, -0.1) is 0 Å². The monoisotopic (exact) mass is 237 g/mol. The van der Waals surface area contributed by atoms with Crippen molar-refractivity contribution in [1.82, 2.24) is 0 Å². The summed E-state index contributed by atoms with van der Waals surface area (Å²) in [5.41, 5.74) is 0. The Hall–Kier alpha value is -0.130. The Morgan fingerprint density at radius 1 is 0.692 bits per heavy atom. The summed E-state index contributed by atoms with van der Waals surface area (Å²) in [5, 5.41) is 0. The maximum absolute atomic E-state index is 12.7. The van der Waals surface area contributed by atoms with Crippen molar-refractivity contribution in [2.24, 2.45) is 0 Å². The van der Waals surface area contributed by atoms with Gasteiger partial charge in [0.05, 0.1) is 0 Å². The molecular formula is C4H6F8P-. The van der Waals surface area contributed by atoms with Crippen molar-refractivity contribution in [2.45, 2.75) is 11.8 Å². The van der Waals surface area contributed by atoms with Gasteiger partial charge >= 0.3 is 66.5 Å². The molecule has 0 unspecified atom stereocenters. The normalized spacial score (nSPS) is 20.8. The van der Waals surface area contributed by atoms with Gasteiger partial charge in [-0.25, -0.2) is 0 Å². The zero-order chi connectivity index (χ0) is 11.4. The van der Waals surface area contributed by atoms with Gasteiger partial charge in [0.2, 0.25) is 0 Å². The van der Waals surface area contributed by atoms with Gasteiger partial charge in [0, 0.05) is 0 Å². The van der Waals surface area contributed by atoms with E-state index in [0.29, 0.717) is 0 Å². The molecule has 0 radical (unpaired) electrons. The first-order valence-corrected chi connectivity index (χ1v) is 6.17. The number of hydrogen-bond donors (Lipinski definition) is 0. The molecule has 84 valence electrons. The standard InChI is InChI=1S/C4H6F8P/c1-13(2,11,12,3(5,6)7)4(8,9)10/h1-2H3/q-1. The fourth-order valence-electron chi connectivity index (χ4n) is 0.144. The van der Waals surface area contributed by atoms with E-state index in [1.165, 1.54) is 0 Å². The Kier molecular flexibility index (Phi) is 1.92. The quantitative estimate of drug-likeness (QED) is 0.438. The van der Waals surface area contributed by atoms with Gasteiger partial charge in [-0.3, -0.25) is 0 Å². The second-order valence-corrected chi connectivity index (χ2v) is 9.54. The summed E-state index contributed by atoms with van der Waals surface area (Å²) in [6, 6.07) is 0. The number of halogens is 8. The Bertz CT molecular complexity index is 202. The Morgan fingerprint density at radius 3 is 0.846 bits per heavy atom. The van der Waals surface area contributed by atoms with Crippen LogP contribution in [0, 0.1) is 0 Å². The van der Waals surface area contributed by atoms with E-state index in [-0.39, 0.29) is 0 Å². The zero-order valence-corrected chi connectivity index (χ0v) is 7.37. The molecule has 0 aliphatic heterocycles. The van der Waals surface area contributed by atoms with Crippen molar-refractivity contribution in [1.29, 1.82) is 0 Å². The minimum atomic E-state index is -9.26. The summed E-state index contributed by atoms with van der Waals surface area (Å²) in [4.78, 5) is 0. The molecule has 0 aromatic rings. The Labute approximate surface area is 67.7 Å². The van der Waals surface area contributed by atoms with Crippen LogP contribution in [0.5, 0.6) is 0 Å². The van der Waals surface area contributed by atoms with Crippen LogP contribution in [0.25, 0.3) is 0 Å². The van der Waals surface area contributed by atoms with E-state index in [9.17, 15) is 34.7 Å². The van der Waals surface area contributed by atoms with Gasteiger partial charge in [0.15, 0.2) is 0 Å². The van der Waals surface area contributed by atoms with Crippen LogP contribution >= 0.6 is 6.57 Å². The van der Waals surface area contributed by atoms with E-state index >= 15 is 0 Å². The molecule has 0 aromatic heterocycles. The van der Waals surface area contributed by atoms with Crippen molar-refractivity contribution in [3.8, 4) is 0 Å². The first kappa shape index (κ1) is 12.9. The van der Waals surface area contributed by atoms with Gasteiger partial charge in [-0.05, 0) is 0 Å². The molecule has 0 spiro atoms. The first-order valence-electron chi connectivity index (χ1n) is 2.81. The first-order chi connectivity index (χ1) is 5.04. The Morgan fingerprint density at radius 2 is 0.846 bits per heavy atom. The molecule has 0 amide bonds. The average Bonchev–Trinajstić information content (AvgIpc) is 1.51. The number of hydrogen-bond acceptors (Lipinski definition) is 0. The molecule has 0 saturated heterocycles. The topological polar surface area (TPSA) is 0 Å². The van der Waals surface area contributed by atoms with Crippen molar-refractivity contribution in [3.63, 3.8) is 0 Å². The summed E-state index contributed by atoms with van der Waals surface area (Å²) < 4.78 is 95.5. The number of alkyl halides is 6. The number of rotatable bonds is 0. The van der Waals surface area contributed by atoms with Gasteiger partial charge in [0.1, 0.15) is 0 Å². The van der Waals surface area contributed by atoms with E-state index in [0.717, 1.165) is 0 Å². The minimum absolute atomic E-state index is 1.05.